The average Bonchev–Trinajstić information content (AvgIpc) is 3.53. The summed E-state index contributed by atoms with van der Waals surface area (Å²) in [5.41, 5.74) is 5.26. The number of sulfonamides is 1. The standard InChI is InChI=1S/C25H21BrN6O3S/c1-27-36(34,35)15-8-9-19-21(12-15)32(14-7-10-20-22(11-14)31(3)25(33)30(20)2)24(29-19)17-13-28-23-16(17)5-4-6-18(23)26/h4-13,27-28H,1-3H3. The fourth-order valence-corrected chi connectivity index (χ4v) is 5.95. The summed E-state index contributed by atoms with van der Waals surface area (Å²) in [4.78, 5) is 20.9. The molecule has 0 aliphatic heterocycles. The fraction of sp³-hybridized carbons (Fsp3) is 0.120. The van der Waals surface area contributed by atoms with Crippen molar-refractivity contribution in [3.05, 3.63) is 75.8 Å². The Morgan fingerprint density at radius 1 is 0.972 bits per heavy atom. The number of halogens is 1. The molecule has 9 nitrogen and oxygen atoms in total. The van der Waals surface area contributed by atoms with Crippen LogP contribution in [0.4, 0.5) is 0 Å². The van der Waals surface area contributed by atoms with Crippen LogP contribution in [-0.4, -0.2) is 39.1 Å². The SMILES string of the molecule is CNS(=O)(=O)c1ccc2nc(-c3c[nH]c4c(Br)cccc34)n(-c3ccc4c(c3)n(C)c(=O)n4C)c2c1. The summed E-state index contributed by atoms with van der Waals surface area (Å²) in [5, 5.41) is 0.970. The van der Waals surface area contributed by atoms with Gasteiger partial charge in [-0.1, -0.05) is 12.1 Å². The van der Waals surface area contributed by atoms with Crippen LogP contribution in [0.1, 0.15) is 0 Å². The Bertz CT molecular complexity index is 2010. The minimum absolute atomic E-state index is 0.123. The molecule has 0 radical (unpaired) electrons. The number of H-pyrrole nitrogens is 1. The Kier molecular flexibility index (Phi) is 5.01. The van der Waals surface area contributed by atoms with E-state index < -0.39 is 10.0 Å². The van der Waals surface area contributed by atoms with Crippen molar-refractivity contribution in [2.45, 2.75) is 4.90 Å². The Labute approximate surface area is 214 Å². The van der Waals surface area contributed by atoms with E-state index in [0.717, 1.165) is 37.7 Å². The van der Waals surface area contributed by atoms with Gasteiger partial charge in [-0.3, -0.25) is 13.7 Å². The number of hydrogen-bond acceptors (Lipinski definition) is 4. The molecule has 6 aromatic rings. The minimum Gasteiger partial charge on any atom is -0.360 e. The third-order valence-electron chi connectivity index (χ3n) is 6.62. The lowest BCUT2D eigenvalue weighted by Gasteiger charge is -2.11. The van der Waals surface area contributed by atoms with Crippen LogP contribution in [0.5, 0.6) is 0 Å². The highest BCUT2D eigenvalue weighted by atomic mass is 79.9. The molecule has 0 amide bonds. The second kappa shape index (κ2) is 7.92. The maximum atomic E-state index is 12.6. The molecule has 2 N–H and O–H groups in total. The van der Waals surface area contributed by atoms with Gasteiger partial charge in [-0.15, -0.1) is 0 Å². The normalized spacial score (nSPS) is 12.3. The molecule has 36 heavy (non-hydrogen) atoms. The van der Waals surface area contributed by atoms with Crippen molar-refractivity contribution < 1.29 is 8.42 Å². The van der Waals surface area contributed by atoms with Crippen LogP contribution in [0.3, 0.4) is 0 Å². The summed E-state index contributed by atoms with van der Waals surface area (Å²) in [6.07, 6.45) is 1.90. The number of nitrogens with zero attached hydrogens (tertiary/aromatic N) is 4. The van der Waals surface area contributed by atoms with Crippen molar-refractivity contribution in [2.75, 3.05) is 7.05 Å². The van der Waals surface area contributed by atoms with Gasteiger partial charge in [0.1, 0.15) is 5.82 Å². The average molecular weight is 565 g/mol. The molecule has 0 bridgehead atoms. The molecule has 3 aromatic carbocycles. The number of nitrogens with one attached hydrogen (secondary N) is 2. The number of aryl methyl sites for hydroxylation is 2. The first-order chi connectivity index (χ1) is 17.2. The first kappa shape index (κ1) is 22.8. The van der Waals surface area contributed by atoms with Gasteiger partial charge in [0.05, 0.1) is 32.5 Å². The molecule has 6 rings (SSSR count). The van der Waals surface area contributed by atoms with Gasteiger partial charge in [-0.25, -0.2) is 22.9 Å². The number of hydrogen-bond donors (Lipinski definition) is 2. The van der Waals surface area contributed by atoms with Gasteiger partial charge in [0.2, 0.25) is 10.0 Å². The van der Waals surface area contributed by atoms with Crippen LogP contribution >= 0.6 is 15.9 Å². The molecule has 0 aliphatic carbocycles. The number of aromatic nitrogens is 5. The van der Waals surface area contributed by atoms with E-state index in [1.54, 1.807) is 41.4 Å². The lowest BCUT2D eigenvalue weighted by atomic mass is 10.1. The predicted octanol–water partition coefficient (Wildman–Crippen LogP) is 4.03. The second-order valence-corrected chi connectivity index (χ2v) is 11.3. The van der Waals surface area contributed by atoms with Crippen molar-refractivity contribution in [1.29, 1.82) is 0 Å². The van der Waals surface area contributed by atoms with Crippen LogP contribution in [0, 0.1) is 0 Å². The molecule has 3 aromatic heterocycles. The van der Waals surface area contributed by atoms with Crippen molar-refractivity contribution in [3.8, 4) is 17.1 Å². The van der Waals surface area contributed by atoms with E-state index in [4.69, 9.17) is 4.98 Å². The molecule has 0 spiro atoms. The smallest absolute Gasteiger partial charge is 0.328 e. The summed E-state index contributed by atoms with van der Waals surface area (Å²) >= 11 is 3.60. The minimum atomic E-state index is -3.67. The number of benzene rings is 3. The first-order valence-corrected chi connectivity index (χ1v) is 13.4. The van der Waals surface area contributed by atoms with E-state index in [-0.39, 0.29) is 10.6 Å². The topological polar surface area (TPSA) is 107 Å². The van der Waals surface area contributed by atoms with Crippen LogP contribution < -0.4 is 10.4 Å². The Hall–Kier alpha value is -3.67. The number of para-hydroxylation sites is 1. The van der Waals surface area contributed by atoms with Crippen LogP contribution in [-0.2, 0) is 24.1 Å². The predicted molar refractivity (Wildman–Crippen MR) is 144 cm³/mol. The fourth-order valence-electron chi connectivity index (χ4n) is 4.72. The first-order valence-electron chi connectivity index (χ1n) is 11.1. The molecule has 0 saturated heterocycles. The van der Waals surface area contributed by atoms with E-state index in [0.29, 0.717) is 16.9 Å². The van der Waals surface area contributed by atoms with Gasteiger partial charge in [0, 0.05) is 41.4 Å². The van der Waals surface area contributed by atoms with Crippen LogP contribution in [0.2, 0.25) is 0 Å². The molecule has 182 valence electrons. The summed E-state index contributed by atoms with van der Waals surface area (Å²) in [6, 6.07) is 16.5. The van der Waals surface area contributed by atoms with Crippen molar-refractivity contribution in [2.24, 2.45) is 14.1 Å². The monoisotopic (exact) mass is 564 g/mol. The third kappa shape index (κ3) is 3.20. The zero-order valence-electron chi connectivity index (χ0n) is 19.6. The lowest BCUT2D eigenvalue weighted by molar-refractivity contribution is 0.588. The van der Waals surface area contributed by atoms with Gasteiger partial charge >= 0.3 is 5.69 Å². The number of rotatable bonds is 4. The van der Waals surface area contributed by atoms with Gasteiger partial charge < -0.3 is 4.98 Å². The van der Waals surface area contributed by atoms with E-state index in [1.165, 1.54) is 7.05 Å². The van der Waals surface area contributed by atoms with Gasteiger partial charge in [-0.2, -0.15) is 0 Å². The molecular formula is C25H21BrN6O3S. The Morgan fingerprint density at radius 2 is 1.75 bits per heavy atom. The molecule has 0 atom stereocenters. The van der Waals surface area contributed by atoms with Gasteiger partial charge in [0.15, 0.2) is 0 Å². The van der Waals surface area contributed by atoms with E-state index in [1.807, 2.05) is 47.2 Å². The molecular weight excluding hydrogens is 544 g/mol. The van der Waals surface area contributed by atoms with E-state index >= 15 is 0 Å². The summed E-state index contributed by atoms with van der Waals surface area (Å²) < 4.78 is 33.7. The zero-order valence-corrected chi connectivity index (χ0v) is 22.0. The largest absolute Gasteiger partial charge is 0.360 e. The third-order valence-corrected chi connectivity index (χ3v) is 8.70. The van der Waals surface area contributed by atoms with E-state index in [2.05, 4.69) is 25.6 Å². The summed E-state index contributed by atoms with van der Waals surface area (Å²) in [5.74, 6) is 0.647. The number of aromatic amines is 1. The highest BCUT2D eigenvalue weighted by molar-refractivity contribution is 9.10. The van der Waals surface area contributed by atoms with Gasteiger partial charge in [0.25, 0.3) is 0 Å². The van der Waals surface area contributed by atoms with Crippen molar-refractivity contribution in [3.63, 3.8) is 0 Å². The highest BCUT2D eigenvalue weighted by Gasteiger charge is 2.21. The molecule has 0 fully saturated rings. The maximum absolute atomic E-state index is 12.6. The van der Waals surface area contributed by atoms with Crippen LogP contribution in [0.25, 0.3) is 50.0 Å². The van der Waals surface area contributed by atoms with Crippen LogP contribution in [0.15, 0.2) is 75.0 Å². The summed E-state index contributed by atoms with van der Waals surface area (Å²) in [6.45, 7) is 0. The maximum Gasteiger partial charge on any atom is 0.328 e. The zero-order chi connectivity index (χ0) is 25.4. The van der Waals surface area contributed by atoms with Crippen molar-refractivity contribution >= 4 is 58.9 Å². The number of fused-ring (bicyclic) bond motifs is 3. The molecule has 0 saturated carbocycles. The molecule has 11 heteroatoms. The lowest BCUT2D eigenvalue weighted by Crippen LogP contribution is -2.19. The molecule has 3 heterocycles. The Morgan fingerprint density at radius 3 is 2.53 bits per heavy atom. The second-order valence-electron chi connectivity index (χ2n) is 8.57. The highest BCUT2D eigenvalue weighted by Crippen LogP contribution is 2.36. The number of imidazole rings is 2. The molecule has 0 unspecified atom stereocenters. The van der Waals surface area contributed by atoms with Crippen molar-refractivity contribution in [1.82, 2.24) is 28.4 Å². The van der Waals surface area contributed by atoms with Gasteiger partial charge in [-0.05, 0) is 65.4 Å². The van der Waals surface area contributed by atoms with E-state index in [9.17, 15) is 13.2 Å². The Balaban J connectivity index is 1.73. The summed E-state index contributed by atoms with van der Waals surface area (Å²) in [7, 11) is 1.18. The molecule has 0 aliphatic rings. The quantitative estimate of drug-likeness (QED) is 0.337.